The number of thioether (sulfide) groups is 1. The van der Waals surface area contributed by atoms with Gasteiger partial charge in [-0.1, -0.05) is 36.7 Å². The molecule has 1 saturated carbocycles. The third kappa shape index (κ3) is 4.22. The molecule has 0 aliphatic heterocycles. The highest BCUT2D eigenvalue weighted by Crippen LogP contribution is 2.32. The maximum absolute atomic E-state index is 13.1. The van der Waals surface area contributed by atoms with Gasteiger partial charge in [0.25, 0.3) is 5.56 Å². The molecule has 28 heavy (non-hydrogen) atoms. The van der Waals surface area contributed by atoms with E-state index in [4.69, 9.17) is 9.72 Å². The lowest BCUT2D eigenvalue weighted by Crippen LogP contribution is -2.26. The van der Waals surface area contributed by atoms with Gasteiger partial charge in [-0.05, 0) is 55.7 Å². The number of hydrogen-bond acceptors (Lipinski definition) is 4. The molecule has 4 nitrogen and oxygen atoms in total. The molecule has 0 saturated heterocycles. The standard InChI is InChI=1S/C22H23FN2O2S/c23-16-10-12-18(13-11-16)27-14-5-15-28-22-24-20-9-4-3-8-19(20)21(26)25(22)17-6-1-2-7-17/h3-4,8-13,17H,1-2,5-7,14-15H2. The zero-order valence-electron chi connectivity index (χ0n) is 15.6. The van der Waals surface area contributed by atoms with Crippen LogP contribution in [0.5, 0.6) is 5.75 Å². The number of halogens is 1. The molecule has 0 amide bonds. The molecule has 1 fully saturated rings. The van der Waals surface area contributed by atoms with E-state index in [-0.39, 0.29) is 17.4 Å². The number of rotatable bonds is 7. The Balaban J connectivity index is 1.45. The molecular formula is C22H23FN2O2S. The fourth-order valence-electron chi connectivity index (χ4n) is 3.66. The predicted molar refractivity (Wildman–Crippen MR) is 111 cm³/mol. The molecule has 2 aromatic carbocycles. The molecule has 1 aliphatic rings. The zero-order chi connectivity index (χ0) is 19.3. The van der Waals surface area contributed by atoms with Gasteiger partial charge in [0.05, 0.1) is 17.5 Å². The lowest BCUT2D eigenvalue weighted by molar-refractivity contribution is 0.318. The summed E-state index contributed by atoms with van der Waals surface area (Å²) in [7, 11) is 0. The largest absolute Gasteiger partial charge is 0.494 e. The van der Waals surface area contributed by atoms with Gasteiger partial charge in [0.2, 0.25) is 0 Å². The van der Waals surface area contributed by atoms with Crippen molar-refractivity contribution in [2.75, 3.05) is 12.4 Å². The highest BCUT2D eigenvalue weighted by atomic mass is 32.2. The second-order valence-corrected chi connectivity index (χ2v) is 8.09. The van der Waals surface area contributed by atoms with Crippen LogP contribution < -0.4 is 10.3 Å². The molecule has 0 spiro atoms. The van der Waals surface area contributed by atoms with E-state index in [0.717, 1.165) is 35.7 Å². The lowest BCUT2D eigenvalue weighted by Gasteiger charge is -2.18. The molecule has 0 N–H and O–H groups in total. The Labute approximate surface area is 167 Å². The molecule has 6 heteroatoms. The maximum atomic E-state index is 13.1. The van der Waals surface area contributed by atoms with Crippen molar-refractivity contribution in [3.05, 3.63) is 64.7 Å². The summed E-state index contributed by atoms with van der Waals surface area (Å²) in [4.78, 5) is 17.9. The molecule has 1 heterocycles. The van der Waals surface area contributed by atoms with Crippen molar-refractivity contribution in [2.45, 2.75) is 43.3 Å². The van der Waals surface area contributed by atoms with E-state index in [1.54, 1.807) is 23.9 Å². The summed E-state index contributed by atoms with van der Waals surface area (Å²) in [6.07, 6.45) is 5.23. The summed E-state index contributed by atoms with van der Waals surface area (Å²) in [5, 5.41) is 1.50. The van der Waals surface area contributed by atoms with E-state index in [2.05, 4.69) is 0 Å². The monoisotopic (exact) mass is 398 g/mol. The first-order chi connectivity index (χ1) is 13.7. The Morgan fingerprint density at radius 3 is 2.64 bits per heavy atom. The van der Waals surface area contributed by atoms with Crippen LogP contribution in [0.3, 0.4) is 0 Å². The average molecular weight is 399 g/mol. The van der Waals surface area contributed by atoms with Crippen molar-refractivity contribution in [3.8, 4) is 5.75 Å². The molecule has 0 radical (unpaired) electrons. The summed E-state index contributed by atoms with van der Waals surface area (Å²) < 4.78 is 20.5. The van der Waals surface area contributed by atoms with Gasteiger partial charge in [-0.25, -0.2) is 9.37 Å². The van der Waals surface area contributed by atoms with E-state index in [1.807, 2.05) is 28.8 Å². The molecule has 0 atom stereocenters. The molecule has 0 bridgehead atoms. The first-order valence-corrected chi connectivity index (χ1v) is 10.7. The van der Waals surface area contributed by atoms with Crippen LogP contribution in [0.15, 0.2) is 58.5 Å². The minimum atomic E-state index is -0.268. The van der Waals surface area contributed by atoms with Crippen molar-refractivity contribution in [2.24, 2.45) is 0 Å². The van der Waals surface area contributed by atoms with E-state index in [0.29, 0.717) is 17.7 Å². The quantitative estimate of drug-likeness (QED) is 0.311. The lowest BCUT2D eigenvalue weighted by atomic mass is 10.2. The predicted octanol–water partition coefficient (Wildman–Crippen LogP) is 5.21. The van der Waals surface area contributed by atoms with Crippen LogP contribution >= 0.6 is 11.8 Å². The number of ether oxygens (including phenoxy) is 1. The third-order valence-electron chi connectivity index (χ3n) is 5.07. The number of aromatic nitrogens is 2. The van der Waals surface area contributed by atoms with Gasteiger partial charge in [0.1, 0.15) is 11.6 Å². The van der Waals surface area contributed by atoms with Crippen LogP contribution in [0, 0.1) is 5.82 Å². The van der Waals surface area contributed by atoms with E-state index in [1.165, 1.54) is 25.0 Å². The summed E-state index contributed by atoms with van der Waals surface area (Å²) >= 11 is 1.61. The average Bonchev–Trinajstić information content (AvgIpc) is 3.23. The minimum Gasteiger partial charge on any atom is -0.494 e. The molecule has 1 aliphatic carbocycles. The summed E-state index contributed by atoms with van der Waals surface area (Å²) in [6.45, 7) is 0.542. The molecule has 3 aromatic rings. The van der Waals surface area contributed by atoms with E-state index >= 15 is 0 Å². The maximum Gasteiger partial charge on any atom is 0.262 e. The fourth-order valence-corrected chi connectivity index (χ4v) is 4.63. The Morgan fingerprint density at radius 1 is 1.11 bits per heavy atom. The minimum absolute atomic E-state index is 0.0718. The van der Waals surface area contributed by atoms with Crippen LogP contribution in [-0.4, -0.2) is 21.9 Å². The second kappa shape index (κ2) is 8.78. The summed E-state index contributed by atoms with van der Waals surface area (Å²) in [5.41, 5.74) is 0.828. The Bertz CT molecular complexity index is 998. The fraction of sp³-hybridized carbons (Fsp3) is 0.364. The van der Waals surface area contributed by atoms with Crippen LogP contribution in [0.4, 0.5) is 4.39 Å². The third-order valence-corrected chi connectivity index (χ3v) is 6.11. The molecule has 4 rings (SSSR count). The summed E-state index contributed by atoms with van der Waals surface area (Å²) in [6, 6.07) is 13.9. The summed E-state index contributed by atoms with van der Waals surface area (Å²) in [5.74, 6) is 1.20. The second-order valence-electron chi connectivity index (χ2n) is 7.03. The van der Waals surface area contributed by atoms with Gasteiger partial charge >= 0.3 is 0 Å². The first-order valence-electron chi connectivity index (χ1n) is 9.75. The van der Waals surface area contributed by atoms with Crippen molar-refractivity contribution in [1.82, 2.24) is 9.55 Å². The van der Waals surface area contributed by atoms with Gasteiger partial charge < -0.3 is 4.74 Å². The number of benzene rings is 2. The number of nitrogens with zero attached hydrogens (tertiary/aromatic N) is 2. The van der Waals surface area contributed by atoms with Gasteiger partial charge in [0.15, 0.2) is 5.16 Å². The number of hydrogen-bond donors (Lipinski definition) is 0. The van der Waals surface area contributed by atoms with Crippen LogP contribution in [-0.2, 0) is 0 Å². The van der Waals surface area contributed by atoms with Crippen LogP contribution in [0.25, 0.3) is 10.9 Å². The molecule has 146 valence electrons. The number of para-hydroxylation sites is 1. The Morgan fingerprint density at radius 2 is 1.86 bits per heavy atom. The molecule has 0 unspecified atom stereocenters. The van der Waals surface area contributed by atoms with Crippen molar-refractivity contribution in [3.63, 3.8) is 0 Å². The first kappa shape index (κ1) is 19.0. The highest BCUT2D eigenvalue weighted by molar-refractivity contribution is 7.99. The van der Waals surface area contributed by atoms with Gasteiger partial charge in [-0.2, -0.15) is 0 Å². The Kier molecular flexibility index (Phi) is 5.95. The van der Waals surface area contributed by atoms with Gasteiger partial charge in [-0.3, -0.25) is 9.36 Å². The zero-order valence-corrected chi connectivity index (χ0v) is 16.5. The van der Waals surface area contributed by atoms with Crippen molar-refractivity contribution in [1.29, 1.82) is 0 Å². The van der Waals surface area contributed by atoms with Crippen LogP contribution in [0.2, 0.25) is 0 Å². The van der Waals surface area contributed by atoms with Crippen molar-refractivity contribution < 1.29 is 9.13 Å². The van der Waals surface area contributed by atoms with E-state index < -0.39 is 0 Å². The highest BCUT2D eigenvalue weighted by Gasteiger charge is 2.22. The topological polar surface area (TPSA) is 44.1 Å². The SMILES string of the molecule is O=c1c2ccccc2nc(SCCCOc2ccc(F)cc2)n1C1CCCC1. The molecule has 1 aromatic heterocycles. The van der Waals surface area contributed by atoms with E-state index in [9.17, 15) is 9.18 Å². The smallest absolute Gasteiger partial charge is 0.262 e. The van der Waals surface area contributed by atoms with Crippen molar-refractivity contribution >= 4 is 22.7 Å². The normalized spacial score (nSPS) is 14.6. The Hall–Kier alpha value is -2.34. The van der Waals surface area contributed by atoms with Gasteiger partial charge in [-0.15, -0.1) is 0 Å². The van der Waals surface area contributed by atoms with Gasteiger partial charge in [0, 0.05) is 11.8 Å². The van der Waals surface area contributed by atoms with Crippen LogP contribution in [0.1, 0.15) is 38.1 Å². The number of fused-ring (bicyclic) bond motifs is 1. The molecular weight excluding hydrogens is 375 g/mol.